The summed E-state index contributed by atoms with van der Waals surface area (Å²) in [7, 11) is 2.19. The molecule has 0 saturated carbocycles. The van der Waals surface area contributed by atoms with Crippen molar-refractivity contribution in [2.24, 2.45) is 5.92 Å². The molecule has 3 heterocycles. The quantitative estimate of drug-likeness (QED) is 0.795. The van der Waals surface area contributed by atoms with Gasteiger partial charge in [-0.25, -0.2) is 0 Å². The fourth-order valence-electron chi connectivity index (χ4n) is 5.40. The Balaban J connectivity index is 1.29. The molecule has 0 radical (unpaired) electrons. The standard InChI is InChI=1S/C21H28N4O/c1-24-9-10-25-12-14(11-15(25)13-24)22-21(26)20-18-7-4-6-16(18)17-5-2-3-8-19(17)23-20/h2-6,8,14-16,18,20,23H,7,9-13H2,1H3,(H,22,26)/t14-,15-,16-,18+,20+/m0/s1. The fraction of sp³-hybridized carbons (Fsp3) is 0.571. The third-order valence-electron chi connectivity index (χ3n) is 6.72. The average Bonchev–Trinajstić information content (AvgIpc) is 3.27. The average molecular weight is 352 g/mol. The first kappa shape index (κ1) is 16.3. The molecule has 5 rings (SSSR count). The molecule has 26 heavy (non-hydrogen) atoms. The van der Waals surface area contributed by atoms with Gasteiger partial charge in [0.1, 0.15) is 6.04 Å². The molecule has 2 saturated heterocycles. The maximum Gasteiger partial charge on any atom is 0.243 e. The van der Waals surface area contributed by atoms with Gasteiger partial charge in [-0.05, 0) is 31.5 Å². The zero-order chi connectivity index (χ0) is 17.7. The van der Waals surface area contributed by atoms with E-state index in [0.29, 0.717) is 17.9 Å². The van der Waals surface area contributed by atoms with Crippen molar-refractivity contribution in [3.8, 4) is 0 Å². The number of rotatable bonds is 2. The van der Waals surface area contributed by atoms with Gasteiger partial charge in [0.05, 0.1) is 0 Å². The molecule has 0 unspecified atom stereocenters. The van der Waals surface area contributed by atoms with Crippen molar-refractivity contribution < 1.29 is 4.79 Å². The molecule has 138 valence electrons. The van der Waals surface area contributed by atoms with Crippen LogP contribution in [0, 0.1) is 5.92 Å². The number of allylic oxidation sites excluding steroid dienone is 2. The van der Waals surface area contributed by atoms with Gasteiger partial charge in [-0.15, -0.1) is 0 Å². The molecule has 1 amide bonds. The second-order valence-electron chi connectivity index (χ2n) is 8.41. The summed E-state index contributed by atoms with van der Waals surface area (Å²) in [6.45, 7) is 4.38. The maximum atomic E-state index is 13.1. The number of likely N-dealkylation sites (N-methyl/N-ethyl adjacent to an activating group) is 1. The van der Waals surface area contributed by atoms with E-state index in [-0.39, 0.29) is 18.0 Å². The van der Waals surface area contributed by atoms with Crippen LogP contribution in [0.15, 0.2) is 36.4 Å². The van der Waals surface area contributed by atoms with Crippen LogP contribution in [0.4, 0.5) is 5.69 Å². The molecule has 1 aliphatic carbocycles. The van der Waals surface area contributed by atoms with Crippen LogP contribution in [0.25, 0.3) is 0 Å². The molecule has 0 spiro atoms. The Labute approximate surface area is 155 Å². The molecule has 2 fully saturated rings. The Bertz CT molecular complexity index is 732. The summed E-state index contributed by atoms with van der Waals surface area (Å²) in [6, 6.07) is 9.18. The molecule has 0 aromatic heterocycles. The van der Waals surface area contributed by atoms with Crippen molar-refractivity contribution in [2.45, 2.75) is 36.9 Å². The number of amides is 1. The largest absolute Gasteiger partial charge is 0.373 e. The highest BCUT2D eigenvalue weighted by molar-refractivity contribution is 5.87. The van der Waals surface area contributed by atoms with Crippen LogP contribution in [0.1, 0.15) is 24.3 Å². The third kappa shape index (κ3) is 2.74. The van der Waals surface area contributed by atoms with Gasteiger partial charge in [0, 0.05) is 55.8 Å². The highest BCUT2D eigenvalue weighted by Gasteiger charge is 2.42. The minimum atomic E-state index is -0.134. The SMILES string of the molecule is CN1CCN2C[C@@H](NC(=O)[C@@H]3Nc4ccccc4[C@@H]4C=CC[C@@H]34)C[C@H]2C1. The summed E-state index contributed by atoms with van der Waals surface area (Å²) < 4.78 is 0. The van der Waals surface area contributed by atoms with Crippen LogP contribution in [0.2, 0.25) is 0 Å². The van der Waals surface area contributed by atoms with Gasteiger partial charge in [0.2, 0.25) is 5.91 Å². The summed E-state index contributed by atoms with van der Waals surface area (Å²) in [5.74, 6) is 0.878. The Morgan fingerprint density at radius 1 is 1.23 bits per heavy atom. The van der Waals surface area contributed by atoms with E-state index in [1.54, 1.807) is 0 Å². The summed E-state index contributed by atoms with van der Waals surface area (Å²) >= 11 is 0. The van der Waals surface area contributed by atoms with E-state index in [4.69, 9.17) is 0 Å². The van der Waals surface area contributed by atoms with Gasteiger partial charge in [-0.3, -0.25) is 9.69 Å². The first-order chi connectivity index (χ1) is 12.7. The van der Waals surface area contributed by atoms with Gasteiger partial charge in [0.25, 0.3) is 0 Å². The number of nitrogens with one attached hydrogen (secondary N) is 2. The maximum absolute atomic E-state index is 13.1. The monoisotopic (exact) mass is 352 g/mol. The van der Waals surface area contributed by atoms with Crippen LogP contribution < -0.4 is 10.6 Å². The number of benzene rings is 1. The van der Waals surface area contributed by atoms with Gasteiger partial charge in [-0.1, -0.05) is 30.4 Å². The smallest absolute Gasteiger partial charge is 0.243 e. The third-order valence-corrected chi connectivity index (χ3v) is 6.72. The van der Waals surface area contributed by atoms with Crippen molar-refractivity contribution in [1.29, 1.82) is 0 Å². The topological polar surface area (TPSA) is 47.6 Å². The van der Waals surface area contributed by atoms with E-state index < -0.39 is 0 Å². The Hall–Kier alpha value is -1.85. The zero-order valence-electron chi connectivity index (χ0n) is 15.4. The molecule has 4 aliphatic rings. The highest BCUT2D eigenvalue weighted by atomic mass is 16.2. The number of anilines is 1. The van der Waals surface area contributed by atoms with Crippen LogP contribution in [0.5, 0.6) is 0 Å². The minimum absolute atomic E-state index is 0.134. The van der Waals surface area contributed by atoms with E-state index in [1.165, 1.54) is 5.56 Å². The summed E-state index contributed by atoms with van der Waals surface area (Å²) in [6.07, 6.45) is 6.58. The first-order valence-corrected chi connectivity index (χ1v) is 9.94. The number of hydrogen-bond donors (Lipinski definition) is 2. The molecule has 2 N–H and O–H groups in total. The van der Waals surface area contributed by atoms with E-state index >= 15 is 0 Å². The first-order valence-electron chi connectivity index (χ1n) is 9.94. The Kier molecular flexibility index (Phi) is 4.02. The molecule has 1 aromatic rings. The van der Waals surface area contributed by atoms with Crippen molar-refractivity contribution >= 4 is 11.6 Å². The number of carbonyl (C=O) groups is 1. The summed E-state index contributed by atoms with van der Waals surface area (Å²) in [5, 5.41) is 6.91. The Morgan fingerprint density at radius 3 is 3.04 bits per heavy atom. The predicted molar refractivity (Wildman–Crippen MR) is 103 cm³/mol. The van der Waals surface area contributed by atoms with Crippen LogP contribution in [-0.4, -0.2) is 67.1 Å². The fourth-order valence-corrected chi connectivity index (χ4v) is 5.40. The number of nitrogens with zero attached hydrogens (tertiary/aromatic N) is 2. The van der Waals surface area contributed by atoms with Crippen molar-refractivity contribution in [3.63, 3.8) is 0 Å². The lowest BCUT2D eigenvalue weighted by molar-refractivity contribution is -0.123. The molecule has 1 aromatic carbocycles. The van der Waals surface area contributed by atoms with Crippen LogP contribution in [-0.2, 0) is 4.79 Å². The molecule has 0 bridgehead atoms. The number of hydrogen-bond acceptors (Lipinski definition) is 4. The number of para-hydroxylation sites is 1. The number of fused-ring (bicyclic) bond motifs is 4. The van der Waals surface area contributed by atoms with E-state index in [0.717, 1.165) is 44.7 Å². The Morgan fingerprint density at radius 2 is 2.12 bits per heavy atom. The number of piperazine rings is 1. The van der Waals surface area contributed by atoms with Crippen LogP contribution in [0.3, 0.4) is 0 Å². The van der Waals surface area contributed by atoms with Gasteiger partial charge >= 0.3 is 0 Å². The van der Waals surface area contributed by atoms with Crippen molar-refractivity contribution in [2.75, 3.05) is 38.5 Å². The molecule has 3 aliphatic heterocycles. The lowest BCUT2D eigenvalue weighted by atomic mass is 9.79. The van der Waals surface area contributed by atoms with Gasteiger partial charge < -0.3 is 15.5 Å². The second-order valence-corrected chi connectivity index (χ2v) is 8.41. The normalized spacial score (nSPS) is 36.1. The van der Waals surface area contributed by atoms with E-state index in [9.17, 15) is 4.79 Å². The second kappa shape index (κ2) is 6.39. The number of carbonyl (C=O) groups excluding carboxylic acids is 1. The van der Waals surface area contributed by atoms with Crippen molar-refractivity contribution in [1.82, 2.24) is 15.1 Å². The summed E-state index contributed by atoms with van der Waals surface area (Å²) in [4.78, 5) is 18.1. The minimum Gasteiger partial charge on any atom is -0.373 e. The molecule has 5 heteroatoms. The molecular formula is C21H28N4O. The molecule has 5 atom stereocenters. The molecule has 5 nitrogen and oxygen atoms in total. The van der Waals surface area contributed by atoms with Gasteiger partial charge in [0.15, 0.2) is 0 Å². The van der Waals surface area contributed by atoms with Crippen LogP contribution >= 0.6 is 0 Å². The lowest BCUT2D eigenvalue weighted by Gasteiger charge is -2.36. The van der Waals surface area contributed by atoms with Crippen molar-refractivity contribution in [3.05, 3.63) is 42.0 Å². The van der Waals surface area contributed by atoms with Gasteiger partial charge in [-0.2, -0.15) is 0 Å². The predicted octanol–water partition coefficient (Wildman–Crippen LogP) is 1.64. The lowest BCUT2D eigenvalue weighted by Crippen LogP contribution is -2.51. The summed E-state index contributed by atoms with van der Waals surface area (Å²) in [5.41, 5.74) is 2.45. The zero-order valence-corrected chi connectivity index (χ0v) is 15.4. The highest BCUT2D eigenvalue weighted by Crippen LogP contribution is 2.44. The van der Waals surface area contributed by atoms with E-state index in [1.807, 2.05) is 6.07 Å². The molecular weight excluding hydrogens is 324 g/mol. The van der Waals surface area contributed by atoms with E-state index in [2.05, 4.69) is 57.8 Å².